The average molecular weight is 290 g/mol. The van der Waals surface area contributed by atoms with Crippen LogP contribution in [0.15, 0.2) is 24.3 Å². The number of likely N-dealkylation sites (tertiary alicyclic amines) is 1. The first-order valence-electron chi connectivity index (χ1n) is 7.25. The molecule has 1 aromatic carbocycles. The number of halogens is 1. The second kappa shape index (κ2) is 4.32. The third-order valence-electron chi connectivity index (χ3n) is 5.31. The third kappa shape index (κ3) is 1.59. The number of amides is 2. The summed E-state index contributed by atoms with van der Waals surface area (Å²) in [6.45, 7) is 0.323. The average Bonchev–Trinajstić information content (AvgIpc) is 3.10. The maximum absolute atomic E-state index is 12.6. The van der Waals surface area contributed by atoms with Gasteiger partial charge in [0.1, 0.15) is 0 Å². The van der Waals surface area contributed by atoms with Gasteiger partial charge in [0.2, 0.25) is 11.8 Å². The molecule has 3 aliphatic rings. The predicted molar refractivity (Wildman–Crippen MR) is 74.8 cm³/mol. The Morgan fingerprint density at radius 3 is 2.25 bits per heavy atom. The van der Waals surface area contributed by atoms with Crippen molar-refractivity contribution in [3.05, 3.63) is 34.9 Å². The maximum Gasteiger partial charge on any atom is 0.233 e. The molecule has 1 heterocycles. The summed E-state index contributed by atoms with van der Waals surface area (Å²) >= 11 is 6.14. The highest BCUT2D eigenvalue weighted by Gasteiger charge is 2.60. The molecule has 4 heteroatoms. The van der Waals surface area contributed by atoms with E-state index in [9.17, 15) is 9.59 Å². The zero-order valence-corrected chi connectivity index (χ0v) is 11.8. The van der Waals surface area contributed by atoms with E-state index >= 15 is 0 Å². The van der Waals surface area contributed by atoms with Gasteiger partial charge in [0.25, 0.3) is 0 Å². The Labute approximate surface area is 122 Å². The lowest BCUT2D eigenvalue weighted by Crippen LogP contribution is -2.32. The number of carbonyl (C=O) groups is 2. The van der Waals surface area contributed by atoms with Crippen LogP contribution in [0.3, 0.4) is 0 Å². The van der Waals surface area contributed by atoms with E-state index in [2.05, 4.69) is 0 Å². The highest BCUT2D eigenvalue weighted by atomic mass is 35.5. The summed E-state index contributed by atoms with van der Waals surface area (Å²) in [5, 5.41) is 0.619. The van der Waals surface area contributed by atoms with Crippen molar-refractivity contribution >= 4 is 23.4 Å². The van der Waals surface area contributed by atoms with E-state index in [4.69, 9.17) is 11.6 Å². The van der Waals surface area contributed by atoms with Crippen molar-refractivity contribution in [2.75, 3.05) is 0 Å². The molecule has 4 rings (SSSR count). The van der Waals surface area contributed by atoms with Crippen LogP contribution in [0.1, 0.15) is 24.8 Å². The summed E-state index contributed by atoms with van der Waals surface area (Å²) in [5.41, 5.74) is 0.850. The summed E-state index contributed by atoms with van der Waals surface area (Å²) in [6, 6.07) is 7.42. The van der Waals surface area contributed by atoms with Gasteiger partial charge in [-0.2, -0.15) is 0 Å². The van der Waals surface area contributed by atoms with Gasteiger partial charge < -0.3 is 0 Å². The largest absolute Gasteiger partial charge is 0.278 e. The molecule has 3 fully saturated rings. The fourth-order valence-corrected chi connectivity index (χ4v) is 4.62. The van der Waals surface area contributed by atoms with Crippen molar-refractivity contribution < 1.29 is 9.59 Å². The normalized spacial score (nSPS) is 35.0. The molecule has 1 saturated heterocycles. The molecule has 2 aliphatic carbocycles. The standard InChI is InChI=1S/C16H16ClNO2/c17-12-4-2-1-3-11(12)8-18-15(19)13-9-5-6-10(7-9)14(13)16(18)20/h1-4,9-10,13-14H,5-8H2/t9-,10-,13-,14+/m0/s1. The molecule has 0 radical (unpaired) electrons. The number of carbonyl (C=O) groups excluding carboxylic acids is 2. The van der Waals surface area contributed by atoms with Crippen molar-refractivity contribution in [1.29, 1.82) is 0 Å². The van der Waals surface area contributed by atoms with Gasteiger partial charge in [-0.1, -0.05) is 29.8 Å². The summed E-state index contributed by atoms with van der Waals surface area (Å²) in [4.78, 5) is 26.6. The molecule has 0 unspecified atom stereocenters. The summed E-state index contributed by atoms with van der Waals surface area (Å²) in [7, 11) is 0. The lowest BCUT2D eigenvalue weighted by molar-refractivity contribution is -0.141. The van der Waals surface area contributed by atoms with Crippen LogP contribution in [0.25, 0.3) is 0 Å². The Bertz CT molecular complexity index is 572. The van der Waals surface area contributed by atoms with Crippen LogP contribution < -0.4 is 0 Å². The second-order valence-electron chi connectivity index (χ2n) is 6.24. The molecule has 3 nitrogen and oxygen atoms in total. The molecule has 2 bridgehead atoms. The number of hydrogen-bond donors (Lipinski definition) is 0. The van der Waals surface area contributed by atoms with E-state index in [1.807, 2.05) is 18.2 Å². The van der Waals surface area contributed by atoms with Gasteiger partial charge >= 0.3 is 0 Å². The third-order valence-corrected chi connectivity index (χ3v) is 5.67. The molecule has 1 aliphatic heterocycles. The molecular formula is C16H16ClNO2. The van der Waals surface area contributed by atoms with Gasteiger partial charge in [0.05, 0.1) is 18.4 Å². The fraction of sp³-hybridized carbons (Fsp3) is 0.500. The Morgan fingerprint density at radius 2 is 1.65 bits per heavy atom. The number of fused-ring (bicyclic) bond motifs is 5. The summed E-state index contributed by atoms with van der Waals surface area (Å²) in [6.07, 6.45) is 3.31. The first-order chi connectivity index (χ1) is 9.66. The molecule has 20 heavy (non-hydrogen) atoms. The topological polar surface area (TPSA) is 37.4 Å². The fourth-order valence-electron chi connectivity index (χ4n) is 4.42. The molecule has 2 saturated carbocycles. The molecule has 0 N–H and O–H groups in total. The van der Waals surface area contributed by atoms with Crippen molar-refractivity contribution in [1.82, 2.24) is 4.90 Å². The number of benzene rings is 1. The van der Waals surface area contributed by atoms with Crippen LogP contribution in [-0.2, 0) is 16.1 Å². The van der Waals surface area contributed by atoms with Gasteiger partial charge in [-0.3, -0.25) is 14.5 Å². The zero-order chi connectivity index (χ0) is 13.9. The minimum atomic E-state index is -0.0382. The minimum Gasteiger partial charge on any atom is -0.278 e. The number of nitrogens with zero attached hydrogens (tertiary/aromatic N) is 1. The molecule has 1 aromatic rings. The van der Waals surface area contributed by atoms with E-state index in [-0.39, 0.29) is 23.7 Å². The molecule has 0 spiro atoms. The highest BCUT2D eigenvalue weighted by molar-refractivity contribution is 6.31. The molecular weight excluding hydrogens is 274 g/mol. The van der Waals surface area contributed by atoms with Crippen LogP contribution in [-0.4, -0.2) is 16.7 Å². The lowest BCUT2D eigenvalue weighted by Gasteiger charge is -2.19. The van der Waals surface area contributed by atoms with Gasteiger partial charge in [-0.05, 0) is 42.7 Å². The Kier molecular flexibility index (Phi) is 2.68. The van der Waals surface area contributed by atoms with E-state index in [0.29, 0.717) is 23.4 Å². The first kappa shape index (κ1) is 12.4. The molecule has 4 atom stereocenters. The van der Waals surface area contributed by atoms with E-state index in [1.165, 1.54) is 4.90 Å². The van der Waals surface area contributed by atoms with Crippen LogP contribution in [0.4, 0.5) is 0 Å². The highest BCUT2D eigenvalue weighted by Crippen LogP contribution is 2.56. The Morgan fingerprint density at radius 1 is 1.05 bits per heavy atom. The lowest BCUT2D eigenvalue weighted by atomic mass is 9.81. The van der Waals surface area contributed by atoms with Gasteiger partial charge in [-0.25, -0.2) is 0 Å². The summed E-state index contributed by atoms with van der Waals surface area (Å²) < 4.78 is 0. The molecule has 2 amide bonds. The van der Waals surface area contributed by atoms with Crippen molar-refractivity contribution in [2.45, 2.75) is 25.8 Å². The van der Waals surface area contributed by atoms with E-state index in [0.717, 1.165) is 24.8 Å². The van der Waals surface area contributed by atoms with Crippen LogP contribution in [0, 0.1) is 23.7 Å². The summed E-state index contributed by atoms with van der Waals surface area (Å²) in [5.74, 6) is 0.877. The predicted octanol–water partition coefficient (Wildman–Crippen LogP) is 2.87. The smallest absolute Gasteiger partial charge is 0.233 e. The molecule has 104 valence electrons. The number of rotatable bonds is 2. The van der Waals surface area contributed by atoms with Crippen LogP contribution in [0.2, 0.25) is 5.02 Å². The van der Waals surface area contributed by atoms with Crippen molar-refractivity contribution in [3.8, 4) is 0 Å². The second-order valence-corrected chi connectivity index (χ2v) is 6.65. The van der Waals surface area contributed by atoms with Crippen LogP contribution >= 0.6 is 11.6 Å². The van der Waals surface area contributed by atoms with E-state index < -0.39 is 0 Å². The Hall–Kier alpha value is -1.35. The number of hydrogen-bond acceptors (Lipinski definition) is 2. The first-order valence-corrected chi connectivity index (χ1v) is 7.63. The van der Waals surface area contributed by atoms with Crippen molar-refractivity contribution in [3.63, 3.8) is 0 Å². The van der Waals surface area contributed by atoms with Gasteiger partial charge in [0.15, 0.2) is 0 Å². The minimum absolute atomic E-state index is 0.0344. The van der Waals surface area contributed by atoms with E-state index in [1.54, 1.807) is 6.07 Å². The quantitative estimate of drug-likeness (QED) is 0.785. The Balaban J connectivity index is 1.63. The van der Waals surface area contributed by atoms with Crippen LogP contribution in [0.5, 0.6) is 0 Å². The number of imide groups is 1. The van der Waals surface area contributed by atoms with Crippen molar-refractivity contribution in [2.24, 2.45) is 23.7 Å². The SMILES string of the molecule is O=C1[C@@H]2[C@H]3CC[C@@H](C3)[C@@H]2C(=O)N1Cc1ccccc1Cl. The monoisotopic (exact) mass is 289 g/mol. The van der Waals surface area contributed by atoms with Gasteiger partial charge in [0, 0.05) is 5.02 Å². The maximum atomic E-state index is 12.6. The zero-order valence-electron chi connectivity index (χ0n) is 11.1. The molecule has 0 aromatic heterocycles. The van der Waals surface area contributed by atoms with Gasteiger partial charge in [-0.15, -0.1) is 0 Å².